The van der Waals surface area contributed by atoms with Gasteiger partial charge in [-0.2, -0.15) is 0 Å². The third-order valence-corrected chi connectivity index (χ3v) is 6.54. The first-order valence-corrected chi connectivity index (χ1v) is 10.5. The molecule has 0 aliphatic rings. The van der Waals surface area contributed by atoms with Crippen LogP contribution in [0.4, 0.5) is 0 Å². The standard InChI is InChI=1S/C16H27NO7S2/c1-7-8-23-16(20)14(9-17(6)26(21,22)11(2)3)24-15(19)12(4)10-25-13(5)18/h7,11-12,14H,1,8-10H2,2-6H3/t12-,14?/m1/s1. The Kier molecular flexibility index (Phi) is 10.7. The molecule has 0 rings (SSSR count). The molecule has 150 valence electrons. The fourth-order valence-corrected chi connectivity index (χ4v) is 3.34. The molecule has 0 bridgehead atoms. The van der Waals surface area contributed by atoms with Crippen molar-refractivity contribution in [3.8, 4) is 0 Å². The quantitative estimate of drug-likeness (QED) is 0.370. The van der Waals surface area contributed by atoms with Gasteiger partial charge in [0.25, 0.3) is 0 Å². The van der Waals surface area contributed by atoms with E-state index >= 15 is 0 Å². The molecule has 10 heteroatoms. The van der Waals surface area contributed by atoms with Gasteiger partial charge in [-0.15, -0.1) is 0 Å². The second kappa shape index (κ2) is 11.3. The van der Waals surface area contributed by atoms with Gasteiger partial charge in [-0.05, 0) is 13.8 Å². The number of hydrogen-bond acceptors (Lipinski definition) is 8. The number of nitrogens with zero attached hydrogens (tertiary/aromatic N) is 1. The highest BCUT2D eigenvalue weighted by Crippen LogP contribution is 2.14. The number of hydrogen-bond donors (Lipinski definition) is 0. The Bertz CT molecular complexity index is 616. The Labute approximate surface area is 159 Å². The van der Waals surface area contributed by atoms with Gasteiger partial charge in [0.2, 0.25) is 16.1 Å². The maximum Gasteiger partial charge on any atom is 0.349 e. The van der Waals surface area contributed by atoms with Crippen LogP contribution in [0.2, 0.25) is 0 Å². The van der Waals surface area contributed by atoms with E-state index in [9.17, 15) is 22.8 Å². The molecule has 0 N–H and O–H groups in total. The van der Waals surface area contributed by atoms with Gasteiger partial charge in [-0.25, -0.2) is 17.5 Å². The fourth-order valence-electron chi connectivity index (χ4n) is 1.66. The predicted octanol–water partition coefficient (Wildman–Crippen LogP) is 1.21. The van der Waals surface area contributed by atoms with Crippen molar-refractivity contribution >= 4 is 38.8 Å². The number of rotatable bonds is 11. The molecule has 0 aromatic heterocycles. The smallest absolute Gasteiger partial charge is 0.349 e. The number of likely N-dealkylation sites (N-methyl/N-ethyl adjacent to an activating group) is 1. The normalized spacial score (nSPS) is 14.0. The molecule has 1 unspecified atom stereocenters. The Morgan fingerprint density at radius 1 is 1.19 bits per heavy atom. The minimum absolute atomic E-state index is 0.0940. The summed E-state index contributed by atoms with van der Waals surface area (Å²) in [5.74, 6) is -2.03. The van der Waals surface area contributed by atoms with Crippen molar-refractivity contribution in [3.63, 3.8) is 0 Å². The molecule has 8 nitrogen and oxygen atoms in total. The van der Waals surface area contributed by atoms with Crippen LogP contribution in [0.15, 0.2) is 12.7 Å². The molecule has 0 saturated carbocycles. The van der Waals surface area contributed by atoms with E-state index in [2.05, 4.69) is 6.58 Å². The van der Waals surface area contributed by atoms with E-state index < -0.39 is 39.2 Å². The summed E-state index contributed by atoms with van der Waals surface area (Å²) in [5.41, 5.74) is 0. The van der Waals surface area contributed by atoms with Crippen LogP contribution in [0.5, 0.6) is 0 Å². The lowest BCUT2D eigenvalue weighted by atomic mass is 10.2. The highest BCUT2D eigenvalue weighted by atomic mass is 32.2. The van der Waals surface area contributed by atoms with E-state index in [0.717, 1.165) is 16.1 Å². The Morgan fingerprint density at radius 3 is 2.23 bits per heavy atom. The second-order valence-corrected chi connectivity index (χ2v) is 9.72. The highest BCUT2D eigenvalue weighted by Gasteiger charge is 2.32. The van der Waals surface area contributed by atoms with Crippen molar-refractivity contribution in [1.82, 2.24) is 4.31 Å². The van der Waals surface area contributed by atoms with Crippen molar-refractivity contribution in [2.75, 3.05) is 26.0 Å². The summed E-state index contributed by atoms with van der Waals surface area (Å²) in [7, 11) is -2.34. The molecule has 0 aromatic rings. The van der Waals surface area contributed by atoms with E-state index in [1.165, 1.54) is 33.9 Å². The number of esters is 2. The topological polar surface area (TPSA) is 107 Å². The van der Waals surface area contributed by atoms with Crippen molar-refractivity contribution in [3.05, 3.63) is 12.7 Å². The van der Waals surface area contributed by atoms with Gasteiger partial charge in [0.15, 0.2) is 5.12 Å². The average molecular weight is 410 g/mol. The molecule has 0 aliphatic heterocycles. The first-order valence-electron chi connectivity index (χ1n) is 8.00. The molecule has 0 aromatic carbocycles. The summed E-state index contributed by atoms with van der Waals surface area (Å²) >= 11 is 0.964. The zero-order valence-corrected chi connectivity index (χ0v) is 17.4. The van der Waals surface area contributed by atoms with Crippen LogP contribution >= 0.6 is 11.8 Å². The third-order valence-electron chi connectivity index (χ3n) is 3.26. The summed E-state index contributed by atoms with van der Waals surface area (Å²) in [6.45, 7) is 8.90. The zero-order chi connectivity index (χ0) is 20.5. The number of ether oxygens (including phenoxy) is 2. The molecular weight excluding hydrogens is 382 g/mol. The monoisotopic (exact) mass is 409 g/mol. The minimum atomic E-state index is -3.64. The average Bonchev–Trinajstić information content (AvgIpc) is 2.56. The maximum atomic E-state index is 12.2. The fraction of sp³-hybridized carbons (Fsp3) is 0.688. The second-order valence-electron chi connectivity index (χ2n) is 5.92. The molecule has 0 saturated heterocycles. The summed E-state index contributed by atoms with van der Waals surface area (Å²) in [6, 6.07) is 0. The van der Waals surface area contributed by atoms with Crippen molar-refractivity contribution in [1.29, 1.82) is 0 Å². The first-order chi connectivity index (χ1) is 11.9. The SMILES string of the molecule is C=CCOC(=O)C(CN(C)S(=O)(=O)C(C)C)OC(=O)[C@H](C)CSC(C)=O. The van der Waals surface area contributed by atoms with Gasteiger partial charge in [0.05, 0.1) is 17.7 Å². The van der Waals surface area contributed by atoms with E-state index in [0.29, 0.717) is 0 Å². The van der Waals surface area contributed by atoms with Crippen LogP contribution in [0.3, 0.4) is 0 Å². The lowest BCUT2D eigenvalue weighted by Crippen LogP contribution is -2.44. The molecule has 0 radical (unpaired) electrons. The minimum Gasteiger partial charge on any atom is -0.459 e. The van der Waals surface area contributed by atoms with Crippen LogP contribution < -0.4 is 0 Å². The predicted molar refractivity (Wildman–Crippen MR) is 100 cm³/mol. The van der Waals surface area contributed by atoms with E-state index in [1.54, 1.807) is 6.92 Å². The zero-order valence-electron chi connectivity index (χ0n) is 15.8. The molecule has 2 atom stereocenters. The molecule has 0 amide bonds. The molecule has 0 aliphatic carbocycles. The number of carbonyl (C=O) groups is 3. The van der Waals surface area contributed by atoms with Crippen LogP contribution in [0.25, 0.3) is 0 Å². The lowest BCUT2D eigenvalue weighted by Gasteiger charge is -2.25. The maximum absolute atomic E-state index is 12.2. The Hall–Kier alpha value is -1.39. The number of sulfonamides is 1. The summed E-state index contributed by atoms with van der Waals surface area (Å²) < 4.78 is 35.4. The molecular formula is C16H27NO7S2. The van der Waals surface area contributed by atoms with Gasteiger partial charge in [0, 0.05) is 19.7 Å². The first kappa shape index (κ1) is 24.6. The van der Waals surface area contributed by atoms with Gasteiger partial charge >= 0.3 is 11.9 Å². The van der Waals surface area contributed by atoms with Crippen molar-refractivity contribution in [2.45, 2.75) is 39.0 Å². The van der Waals surface area contributed by atoms with Gasteiger partial charge < -0.3 is 9.47 Å². The lowest BCUT2D eigenvalue weighted by molar-refractivity contribution is -0.169. The molecule has 26 heavy (non-hydrogen) atoms. The largest absolute Gasteiger partial charge is 0.459 e. The number of thioether (sulfide) groups is 1. The molecule has 0 spiro atoms. The summed E-state index contributed by atoms with van der Waals surface area (Å²) in [5, 5.41) is -0.840. The Balaban J connectivity index is 5.17. The van der Waals surface area contributed by atoms with Crippen LogP contribution in [0, 0.1) is 5.92 Å². The summed E-state index contributed by atoms with van der Waals surface area (Å²) in [6.07, 6.45) is -0.0666. The van der Waals surface area contributed by atoms with E-state index in [1.807, 2.05) is 0 Å². The van der Waals surface area contributed by atoms with Crippen LogP contribution in [-0.4, -0.2) is 67.1 Å². The van der Waals surface area contributed by atoms with E-state index in [4.69, 9.17) is 9.47 Å². The molecule has 0 fully saturated rings. The van der Waals surface area contributed by atoms with Crippen molar-refractivity contribution < 1.29 is 32.3 Å². The van der Waals surface area contributed by atoms with Crippen LogP contribution in [0.1, 0.15) is 27.7 Å². The molecule has 0 heterocycles. The van der Waals surface area contributed by atoms with Crippen LogP contribution in [-0.2, 0) is 33.9 Å². The highest BCUT2D eigenvalue weighted by molar-refractivity contribution is 8.13. The summed E-state index contributed by atoms with van der Waals surface area (Å²) in [4.78, 5) is 35.3. The van der Waals surface area contributed by atoms with Crippen molar-refractivity contribution in [2.24, 2.45) is 5.92 Å². The van der Waals surface area contributed by atoms with E-state index in [-0.39, 0.29) is 24.0 Å². The third kappa shape index (κ3) is 8.33. The van der Waals surface area contributed by atoms with Gasteiger partial charge in [0.1, 0.15) is 6.61 Å². The van der Waals surface area contributed by atoms with Gasteiger partial charge in [-0.3, -0.25) is 9.59 Å². The van der Waals surface area contributed by atoms with Gasteiger partial charge in [-0.1, -0.05) is 31.3 Å². The Morgan fingerprint density at radius 2 is 1.77 bits per heavy atom. The number of carbonyl (C=O) groups excluding carboxylic acids is 3.